The lowest BCUT2D eigenvalue weighted by molar-refractivity contribution is -0.153. The smallest absolute Gasteiger partial charge is 0.315 e. The molecule has 4 nitrogen and oxygen atoms in total. The van der Waals surface area contributed by atoms with E-state index in [2.05, 4.69) is 36.4 Å². The third-order valence-corrected chi connectivity index (χ3v) is 7.61. The van der Waals surface area contributed by atoms with Gasteiger partial charge in [-0.1, -0.05) is 38.5 Å². The van der Waals surface area contributed by atoms with Gasteiger partial charge >= 0.3 is 5.97 Å². The lowest BCUT2D eigenvalue weighted by Crippen LogP contribution is -2.40. The Hall–Kier alpha value is -1.50. The van der Waals surface area contributed by atoms with Crippen LogP contribution in [0.5, 0.6) is 0 Å². The van der Waals surface area contributed by atoms with Gasteiger partial charge in [0.15, 0.2) is 5.78 Å². The van der Waals surface area contributed by atoms with Crippen molar-refractivity contribution in [1.82, 2.24) is 0 Å². The molecule has 1 heterocycles. The third kappa shape index (κ3) is 4.27. The van der Waals surface area contributed by atoms with E-state index >= 15 is 0 Å². The van der Waals surface area contributed by atoms with Gasteiger partial charge in [0, 0.05) is 32.9 Å². The van der Waals surface area contributed by atoms with Gasteiger partial charge in [-0.25, -0.2) is 0 Å². The van der Waals surface area contributed by atoms with Gasteiger partial charge in [0.2, 0.25) is 0 Å². The zero-order valence-electron chi connectivity index (χ0n) is 18.0. The number of carbonyl (C=O) groups excluding carboxylic acids is 2. The summed E-state index contributed by atoms with van der Waals surface area (Å²) in [7, 11) is 0. The summed E-state index contributed by atoms with van der Waals surface area (Å²) >= 11 is 2.31. The summed E-state index contributed by atoms with van der Waals surface area (Å²) < 4.78 is 7.06. The average Bonchev–Trinajstić information content (AvgIpc) is 2.67. The number of ether oxygens (including phenoxy) is 1. The molecule has 0 N–H and O–H groups in total. The number of halogens is 1. The van der Waals surface area contributed by atoms with Gasteiger partial charge in [0.25, 0.3) is 0 Å². The van der Waals surface area contributed by atoms with Gasteiger partial charge in [-0.2, -0.15) is 0 Å². The Labute approximate surface area is 192 Å². The Morgan fingerprint density at radius 3 is 2.53 bits per heavy atom. The number of aliphatic imine (C=N–C) groups is 1. The molecule has 0 aromatic heterocycles. The second-order valence-electron chi connectivity index (χ2n) is 9.73. The first kappa shape index (κ1) is 21.7. The van der Waals surface area contributed by atoms with Crippen LogP contribution < -0.4 is 0 Å². The molecule has 1 aromatic carbocycles. The van der Waals surface area contributed by atoms with Crippen molar-refractivity contribution >= 4 is 40.1 Å². The number of allylic oxidation sites excluding steroid dienone is 2. The molecule has 1 fully saturated rings. The first-order valence-corrected chi connectivity index (χ1v) is 12.1. The lowest BCUT2D eigenvalue weighted by Gasteiger charge is -2.39. The molecular formula is C25H30INO3. The van der Waals surface area contributed by atoms with Crippen LogP contribution >= 0.6 is 22.6 Å². The third-order valence-electron chi connectivity index (χ3n) is 6.63. The van der Waals surface area contributed by atoms with E-state index in [1.165, 1.54) is 6.42 Å². The molecule has 5 heteroatoms. The van der Waals surface area contributed by atoms with E-state index in [1.54, 1.807) is 0 Å². The fourth-order valence-corrected chi connectivity index (χ4v) is 5.96. The van der Waals surface area contributed by atoms with Crippen molar-refractivity contribution in [3.63, 3.8) is 0 Å². The summed E-state index contributed by atoms with van der Waals surface area (Å²) in [6, 6.07) is 8.06. The Bertz CT molecular complexity index is 924. The van der Waals surface area contributed by atoms with Gasteiger partial charge in [-0.05, 0) is 78.7 Å². The summed E-state index contributed by atoms with van der Waals surface area (Å²) in [5.41, 5.74) is 3.28. The second-order valence-corrected chi connectivity index (χ2v) is 10.9. The number of hydrogen-bond donors (Lipinski definition) is 0. The Morgan fingerprint density at radius 1 is 1.13 bits per heavy atom. The van der Waals surface area contributed by atoms with E-state index in [-0.39, 0.29) is 29.2 Å². The zero-order valence-corrected chi connectivity index (χ0v) is 20.2. The molecule has 1 aliphatic heterocycles. The zero-order chi connectivity index (χ0) is 21.5. The van der Waals surface area contributed by atoms with Crippen LogP contribution in [0.3, 0.4) is 0 Å². The number of nitrogens with zero attached hydrogens (tertiary/aromatic N) is 1. The normalized spacial score (nSPS) is 26.8. The molecular weight excluding hydrogens is 489 g/mol. The molecule has 0 saturated heterocycles. The maximum Gasteiger partial charge on any atom is 0.315 e. The van der Waals surface area contributed by atoms with Gasteiger partial charge in [-0.3, -0.25) is 14.6 Å². The highest BCUT2D eigenvalue weighted by Crippen LogP contribution is 2.48. The van der Waals surface area contributed by atoms with Crippen LogP contribution in [-0.4, -0.2) is 23.6 Å². The Kier molecular flexibility index (Phi) is 6.20. The van der Waals surface area contributed by atoms with Gasteiger partial charge in [0.1, 0.15) is 12.0 Å². The molecule has 0 amide bonds. The van der Waals surface area contributed by atoms with Crippen LogP contribution in [-0.2, 0) is 14.3 Å². The van der Waals surface area contributed by atoms with E-state index in [0.717, 1.165) is 58.2 Å². The van der Waals surface area contributed by atoms with E-state index in [1.807, 2.05) is 31.2 Å². The molecule has 0 radical (unpaired) electrons. The first-order valence-electron chi connectivity index (χ1n) is 11.0. The average molecular weight is 519 g/mol. The molecule has 30 heavy (non-hydrogen) atoms. The predicted molar refractivity (Wildman–Crippen MR) is 127 cm³/mol. The SMILES string of the molecule is CC1=NC2=C(C(=O)CC(C)(C)C2)[C@@H](c2ccccc2I)C1C(=O)OC1CCCCC1. The standard InChI is InChI=1S/C25H30INO3/c1-15-21(24(29)30-16-9-5-4-6-10-16)22(17-11-7-8-12-18(17)26)23-19(27-15)13-25(2,3)14-20(23)28/h7-8,11-12,16,21-22H,4-6,9-10,13-14H2,1-3H3/t21?,22-/m0/s1. The highest BCUT2D eigenvalue weighted by molar-refractivity contribution is 14.1. The van der Waals surface area contributed by atoms with Crippen LogP contribution in [0.2, 0.25) is 0 Å². The molecule has 3 aliphatic rings. The van der Waals surface area contributed by atoms with Crippen LogP contribution in [0, 0.1) is 14.9 Å². The van der Waals surface area contributed by atoms with Crippen molar-refractivity contribution in [2.45, 2.75) is 77.7 Å². The lowest BCUT2D eigenvalue weighted by atomic mass is 9.67. The molecule has 1 aromatic rings. The van der Waals surface area contributed by atoms with Gasteiger partial charge in [-0.15, -0.1) is 0 Å². The molecule has 1 saturated carbocycles. The van der Waals surface area contributed by atoms with Crippen LogP contribution in [0.15, 0.2) is 40.5 Å². The summed E-state index contributed by atoms with van der Waals surface area (Å²) in [5.74, 6) is -0.952. The van der Waals surface area contributed by atoms with Crippen molar-refractivity contribution in [2.24, 2.45) is 16.3 Å². The fraction of sp³-hybridized carbons (Fsp3) is 0.560. The summed E-state index contributed by atoms with van der Waals surface area (Å²) in [5, 5.41) is 0. The van der Waals surface area contributed by atoms with Crippen molar-refractivity contribution in [1.29, 1.82) is 0 Å². The predicted octanol–water partition coefficient (Wildman–Crippen LogP) is 5.98. The molecule has 4 rings (SSSR count). The summed E-state index contributed by atoms with van der Waals surface area (Å²) in [6.07, 6.45) is 6.54. The Morgan fingerprint density at radius 2 is 1.83 bits per heavy atom. The molecule has 2 atom stereocenters. The van der Waals surface area contributed by atoms with E-state index < -0.39 is 5.92 Å². The second kappa shape index (κ2) is 8.56. The van der Waals surface area contributed by atoms with Crippen molar-refractivity contribution < 1.29 is 14.3 Å². The van der Waals surface area contributed by atoms with E-state index in [9.17, 15) is 9.59 Å². The summed E-state index contributed by atoms with van der Waals surface area (Å²) in [4.78, 5) is 31.6. The minimum Gasteiger partial charge on any atom is -0.462 e. The van der Waals surface area contributed by atoms with Crippen molar-refractivity contribution in [2.75, 3.05) is 0 Å². The largest absolute Gasteiger partial charge is 0.462 e. The summed E-state index contributed by atoms with van der Waals surface area (Å²) in [6.45, 7) is 6.15. The number of Topliss-reactive ketones (excluding diaryl/α,β-unsaturated/α-hetero) is 1. The molecule has 160 valence electrons. The number of benzene rings is 1. The van der Waals surface area contributed by atoms with E-state index in [4.69, 9.17) is 9.73 Å². The highest BCUT2D eigenvalue weighted by atomic mass is 127. The maximum absolute atomic E-state index is 13.4. The highest BCUT2D eigenvalue weighted by Gasteiger charge is 2.46. The first-order chi connectivity index (χ1) is 14.3. The maximum atomic E-state index is 13.4. The number of ketones is 1. The number of hydrogen-bond acceptors (Lipinski definition) is 4. The van der Waals surface area contributed by atoms with Gasteiger partial charge in [0.05, 0.1) is 0 Å². The molecule has 0 bridgehead atoms. The van der Waals surface area contributed by atoms with Crippen LogP contribution in [0.25, 0.3) is 0 Å². The number of rotatable bonds is 3. The molecule has 2 aliphatic carbocycles. The minimum atomic E-state index is -0.535. The quantitative estimate of drug-likeness (QED) is 0.365. The fourth-order valence-electron chi connectivity index (χ4n) is 5.23. The van der Waals surface area contributed by atoms with Gasteiger partial charge < -0.3 is 4.74 Å². The number of esters is 1. The topological polar surface area (TPSA) is 55.7 Å². The van der Waals surface area contributed by atoms with E-state index in [0.29, 0.717) is 6.42 Å². The van der Waals surface area contributed by atoms with Crippen molar-refractivity contribution in [3.05, 3.63) is 44.7 Å². The molecule has 1 unspecified atom stereocenters. The minimum absolute atomic E-state index is 0.00841. The monoisotopic (exact) mass is 519 g/mol. The van der Waals surface area contributed by atoms with Crippen LogP contribution in [0.1, 0.15) is 77.2 Å². The van der Waals surface area contributed by atoms with Crippen LogP contribution in [0.4, 0.5) is 0 Å². The van der Waals surface area contributed by atoms with Crippen molar-refractivity contribution in [3.8, 4) is 0 Å². The number of carbonyl (C=O) groups is 2. The molecule has 0 spiro atoms. The Balaban J connectivity index is 1.77.